The minimum absolute atomic E-state index is 0.0349. The number of aliphatic hydroxyl groups is 3. The predicted molar refractivity (Wildman–Crippen MR) is 73.3 cm³/mol. The van der Waals surface area contributed by atoms with Crippen LogP contribution in [-0.4, -0.2) is 32.8 Å². The van der Waals surface area contributed by atoms with E-state index in [0.29, 0.717) is 37.0 Å². The summed E-state index contributed by atoms with van der Waals surface area (Å²) in [5, 5.41) is 39.2. The molecule has 4 atom stereocenters. The van der Waals surface area contributed by atoms with Gasteiger partial charge in [0.25, 0.3) is 0 Å². The highest BCUT2D eigenvalue weighted by Gasteiger charge is 2.36. The van der Waals surface area contributed by atoms with Gasteiger partial charge in [0.15, 0.2) is 0 Å². The van der Waals surface area contributed by atoms with E-state index in [1.54, 1.807) is 6.07 Å². The Balaban J connectivity index is 2.03. The summed E-state index contributed by atoms with van der Waals surface area (Å²) in [6, 6.07) is 4.48. The number of hydrogen-bond donors (Lipinski definition) is 4. The van der Waals surface area contributed by atoms with Gasteiger partial charge in [-0.3, -0.25) is 0 Å². The smallest absolute Gasteiger partial charge is 0.203 e. The molecule has 0 spiro atoms. The second-order valence-corrected chi connectivity index (χ2v) is 5.33. The Bertz CT molecular complexity index is 448. The van der Waals surface area contributed by atoms with Crippen LogP contribution in [0.5, 0.6) is 11.5 Å². The molecule has 1 aliphatic rings. The molecule has 4 N–H and O–H groups in total. The minimum Gasteiger partial charge on any atom is -0.508 e. The molecule has 0 aliphatic carbocycles. The van der Waals surface area contributed by atoms with Crippen molar-refractivity contribution in [2.24, 2.45) is 5.92 Å². The molecule has 20 heavy (non-hydrogen) atoms. The van der Waals surface area contributed by atoms with Crippen molar-refractivity contribution < 1.29 is 25.2 Å². The molecule has 3 unspecified atom stereocenters. The van der Waals surface area contributed by atoms with Crippen LogP contribution in [0.15, 0.2) is 18.2 Å². The number of rotatable bonds is 5. The van der Waals surface area contributed by atoms with E-state index in [0.717, 1.165) is 0 Å². The van der Waals surface area contributed by atoms with E-state index in [2.05, 4.69) is 0 Å². The fraction of sp³-hybridized carbons (Fsp3) is 0.600. The Kier molecular flexibility index (Phi) is 4.86. The Morgan fingerprint density at radius 1 is 1.30 bits per heavy atom. The summed E-state index contributed by atoms with van der Waals surface area (Å²) in [6.07, 6.45) is 0.372. The normalized spacial score (nSPS) is 26.7. The van der Waals surface area contributed by atoms with Crippen LogP contribution in [0.2, 0.25) is 0 Å². The summed E-state index contributed by atoms with van der Waals surface area (Å²) in [5.74, 6) is -0.0707. The molecule has 0 amide bonds. The number of ether oxygens (including phenoxy) is 1. The average Bonchev–Trinajstić information content (AvgIpc) is 2.41. The van der Waals surface area contributed by atoms with Crippen molar-refractivity contribution in [1.82, 2.24) is 0 Å². The largest absolute Gasteiger partial charge is 0.508 e. The van der Waals surface area contributed by atoms with E-state index in [1.807, 2.05) is 6.92 Å². The van der Waals surface area contributed by atoms with Gasteiger partial charge in [-0.15, -0.1) is 0 Å². The molecular formula is C15H22O5. The maximum absolute atomic E-state index is 10.3. The van der Waals surface area contributed by atoms with Crippen LogP contribution in [0.3, 0.4) is 0 Å². The molecule has 5 heteroatoms. The molecule has 2 rings (SSSR count). The molecular weight excluding hydrogens is 260 g/mol. The van der Waals surface area contributed by atoms with Crippen LogP contribution in [0.1, 0.15) is 44.3 Å². The zero-order valence-corrected chi connectivity index (χ0v) is 11.6. The van der Waals surface area contributed by atoms with Crippen molar-refractivity contribution in [1.29, 1.82) is 0 Å². The first-order chi connectivity index (χ1) is 9.52. The summed E-state index contributed by atoms with van der Waals surface area (Å²) < 4.78 is 5.35. The van der Waals surface area contributed by atoms with Gasteiger partial charge >= 0.3 is 0 Å². The molecule has 1 heterocycles. The first-order valence-electron chi connectivity index (χ1n) is 7.06. The summed E-state index contributed by atoms with van der Waals surface area (Å²) in [5.41, 5.74) is 0.578. The van der Waals surface area contributed by atoms with Crippen LogP contribution in [0.25, 0.3) is 0 Å². The highest BCUT2D eigenvalue weighted by Crippen LogP contribution is 2.41. The Morgan fingerprint density at radius 2 is 2.05 bits per heavy atom. The van der Waals surface area contributed by atoms with Gasteiger partial charge in [0.1, 0.15) is 11.5 Å². The maximum atomic E-state index is 10.3. The van der Waals surface area contributed by atoms with Gasteiger partial charge in [0.2, 0.25) is 6.29 Å². The van der Waals surface area contributed by atoms with Gasteiger partial charge in [-0.25, -0.2) is 0 Å². The summed E-state index contributed by atoms with van der Waals surface area (Å²) in [4.78, 5) is 0. The molecule has 1 aliphatic heterocycles. The number of aliphatic hydroxyl groups excluding tert-OH is 3. The fourth-order valence-electron chi connectivity index (χ4n) is 2.57. The summed E-state index contributed by atoms with van der Waals surface area (Å²) >= 11 is 0. The molecule has 0 bridgehead atoms. The topological polar surface area (TPSA) is 90.2 Å². The van der Waals surface area contributed by atoms with Crippen molar-refractivity contribution >= 4 is 0 Å². The van der Waals surface area contributed by atoms with Crippen molar-refractivity contribution in [2.45, 2.75) is 51.1 Å². The molecule has 0 fully saturated rings. The summed E-state index contributed by atoms with van der Waals surface area (Å²) in [6.45, 7) is 1.92. The molecule has 0 radical (unpaired) electrons. The van der Waals surface area contributed by atoms with E-state index in [4.69, 9.17) is 4.74 Å². The predicted octanol–water partition coefficient (Wildman–Crippen LogP) is 1.69. The SMILES string of the molecule is CCC(O)CCCC1C(O)Oc2cc(O)ccc2[C@@H]1O. The lowest BCUT2D eigenvalue weighted by Crippen LogP contribution is -2.36. The number of phenols is 1. The first-order valence-corrected chi connectivity index (χ1v) is 7.06. The lowest BCUT2D eigenvalue weighted by Gasteiger charge is -2.34. The van der Waals surface area contributed by atoms with Gasteiger partial charge in [-0.2, -0.15) is 0 Å². The third kappa shape index (κ3) is 3.23. The fourth-order valence-corrected chi connectivity index (χ4v) is 2.57. The van der Waals surface area contributed by atoms with Gasteiger partial charge in [-0.1, -0.05) is 13.3 Å². The number of hydrogen-bond acceptors (Lipinski definition) is 5. The molecule has 1 aromatic rings. The number of fused-ring (bicyclic) bond motifs is 1. The van der Waals surface area contributed by atoms with E-state index >= 15 is 0 Å². The van der Waals surface area contributed by atoms with Crippen molar-refractivity contribution in [3.63, 3.8) is 0 Å². The van der Waals surface area contributed by atoms with Crippen LogP contribution in [0, 0.1) is 5.92 Å². The van der Waals surface area contributed by atoms with Gasteiger partial charge in [-0.05, 0) is 31.4 Å². The monoisotopic (exact) mass is 282 g/mol. The highest BCUT2D eigenvalue weighted by molar-refractivity contribution is 5.42. The standard InChI is InChI=1S/C15H22O5/c1-2-9(16)4-3-5-12-14(18)11-7-6-10(17)8-13(11)20-15(12)19/h6-9,12,14-19H,2-5H2,1H3/t9?,12?,14-,15?/m0/s1. The third-order valence-corrected chi connectivity index (χ3v) is 3.88. The molecule has 1 aromatic carbocycles. The second-order valence-electron chi connectivity index (χ2n) is 5.33. The lowest BCUT2D eigenvalue weighted by molar-refractivity contribution is -0.122. The number of phenolic OH excluding ortho intramolecular Hbond substituents is 1. The van der Waals surface area contributed by atoms with Crippen molar-refractivity contribution in [3.8, 4) is 11.5 Å². The number of aromatic hydroxyl groups is 1. The zero-order valence-electron chi connectivity index (χ0n) is 11.6. The van der Waals surface area contributed by atoms with Gasteiger partial charge < -0.3 is 25.2 Å². The molecule has 112 valence electrons. The van der Waals surface area contributed by atoms with Gasteiger partial charge in [0.05, 0.1) is 18.1 Å². The second kappa shape index (κ2) is 6.43. The van der Waals surface area contributed by atoms with E-state index < -0.39 is 18.3 Å². The van der Waals surface area contributed by atoms with E-state index in [-0.39, 0.29) is 11.9 Å². The minimum atomic E-state index is -1.10. The average molecular weight is 282 g/mol. The zero-order chi connectivity index (χ0) is 14.7. The first kappa shape index (κ1) is 15.1. The molecule has 5 nitrogen and oxygen atoms in total. The highest BCUT2D eigenvalue weighted by atomic mass is 16.6. The number of benzene rings is 1. The molecule has 0 saturated heterocycles. The lowest BCUT2D eigenvalue weighted by atomic mass is 9.87. The summed E-state index contributed by atoms with van der Waals surface area (Å²) in [7, 11) is 0. The molecule has 0 saturated carbocycles. The van der Waals surface area contributed by atoms with E-state index in [1.165, 1.54) is 12.1 Å². The van der Waals surface area contributed by atoms with Crippen LogP contribution in [0.4, 0.5) is 0 Å². The van der Waals surface area contributed by atoms with Crippen LogP contribution >= 0.6 is 0 Å². The molecule has 0 aromatic heterocycles. The Labute approximate surface area is 118 Å². The third-order valence-electron chi connectivity index (χ3n) is 3.88. The van der Waals surface area contributed by atoms with E-state index in [9.17, 15) is 20.4 Å². The van der Waals surface area contributed by atoms with Gasteiger partial charge in [0, 0.05) is 11.6 Å². The van der Waals surface area contributed by atoms with Crippen LogP contribution < -0.4 is 4.74 Å². The Hall–Kier alpha value is -1.30. The van der Waals surface area contributed by atoms with Crippen LogP contribution in [-0.2, 0) is 0 Å². The Morgan fingerprint density at radius 3 is 2.75 bits per heavy atom. The maximum Gasteiger partial charge on any atom is 0.203 e. The van der Waals surface area contributed by atoms with Crippen molar-refractivity contribution in [2.75, 3.05) is 0 Å². The quantitative estimate of drug-likeness (QED) is 0.660. The van der Waals surface area contributed by atoms with Crippen molar-refractivity contribution in [3.05, 3.63) is 23.8 Å².